The summed E-state index contributed by atoms with van der Waals surface area (Å²) >= 11 is 0. The number of para-hydroxylation sites is 1. The quantitative estimate of drug-likeness (QED) is 0.255. The Morgan fingerprint density at radius 2 is 1.61 bits per heavy atom. The Morgan fingerprint density at radius 1 is 0.974 bits per heavy atom. The summed E-state index contributed by atoms with van der Waals surface area (Å²) in [6.07, 6.45) is 8.80. The number of hydrogen-bond donors (Lipinski definition) is 2. The van der Waals surface area contributed by atoms with Crippen molar-refractivity contribution < 1.29 is 34.7 Å². The first-order chi connectivity index (χ1) is 17.7. The Labute approximate surface area is 243 Å². The van der Waals surface area contributed by atoms with Gasteiger partial charge in [-0.15, -0.1) is 17.5 Å². The molecule has 0 amide bonds. The van der Waals surface area contributed by atoms with Crippen molar-refractivity contribution in [3.8, 4) is 11.5 Å². The van der Waals surface area contributed by atoms with Gasteiger partial charge in [-0.3, -0.25) is 0 Å². The Morgan fingerprint density at radius 3 is 2.21 bits per heavy atom. The number of aromatic nitrogens is 1. The fourth-order valence-electron chi connectivity index (χ4n) is 7.14. The van der Waals surface area contributed by atoms with Crippen LogP contribution in [0.1, 0.15) is 98.0 Å². The summed E-state index contributed by atoms with van der Waals surface area (Å²) in [4.78, 5) is 4.36. The third-order valence-corrected chi connectivity index (χ3v) is 10.1. The molecule has 2 N–H and O–H groups in total. The topological polar surface area (TPSA) is 66.5 Å². The van der Waals surface area contributed by atoms with Crippen molar-refractivity contribution in [1.82, 2.24) is 4.98 Å². The number of furan rings is 1. The number of pyridine rings is 1. The molecule has 4 unspecified atom stereocenters. The van der Waals surface area contributed by atoms with Gasteiger partial charge in [0.2, 0.25) is 0 Å². The van der Waals surface area contributed by atoms with Crippen LogP contribution < -0.4 is 0 Å². The number of rotatable bonds is 6. The zero-order valence-corrected chi connectivity index (χ0v) is 26.4. The van der Waals surface area contributed by atoms with E-state index in [1.54, 1.807) is 0 Å². The van der Waals surface area contributed by atoms with E-state index < -0.39 is 0 Å². The molecule has 0 saturated heterocycles. The Balaban J connectivity index is 0.000000205. The Hall–Kier alpha value is -1.52. The van der Waals surface area contributed by atoms with Crippen molar-refractivity contribution in [3.05, 3.63) is 54.2 Å². The molecule has 2 fully saturated rings. The summed E-state index contributed by atoms with van der Waals surface area (Å²) in [5.41, 5.74) is 3.07. The van der Waals surface area contributed by atoms with Crippen molar-refractivity contribution in [1.29, 1.82) is 0 Å². The van der Waals surface area contributed by atoms with Crippen molar-refractivity contribution in [3.63, 3.8) is 0 Å². The van der Waals surface area contributed by atoms with Crippen LogP contribution in [-0.2, 0) is 20.1 Å². The zero-order valence-electron chi connectivity index (χ0n) is 24.0. The molecule has 2 aliphatic rings. The van der Waals surface area contributed by atoms with E-state index in [9.17, 15) is 10.2 Å². The monoisotopic (exact) mass is 697 g/mol. The number of aliphatic hydroxyl groups excluding tert-OH is 2. The van der Waals surface area contributed by atoms with E-state index in [1.165, 1.54) is 12.0 Å². The molecule has 4 nitrogen and oxygen atoms in total. The Bertz CT molecular complexity index is 1120. The molecule has 2 heterocycles. The second kappa shape index (κ2) is 12.8. The van der Waals surface area contributed by atoms with Gasteiger partial charge in [0.25, 0.3) is 0 Å². The predicted octanol–water partition coefficient (Wildman–Crippen LogP) is 8.17. The van der Waals surface area contributed by atoms with Gasteiger partial charge < -0.3 is 19.6 Å². The van der Waals surface area contributed by atoms with Crippen molar-refractivity contribution in [2.24, 2.45) is 22.7 Å². The van der Waals surface area contributed by atoms with Gasteiger partial charge in [0.05, 0.1) is 18.0 Å². The number of aliphatic hydroxyl groups is 2. The van der Waals surface area contributed by atoms with Crippen molar-refractivity contribution in [2.75, 3.05) is 0 Å². The summed E-state index contributed by atoms with van der Waals surface area (Å²) in [5, 5.41) is 22.8. The maximum atomic E-state index is 10.9. The first-order valence-corrected chi connectivity index (χ1v) is 14.5. The average molecular weight is 697 g/mol. The van der Waals surface area contributed by atoms with Crippen LogP contribution in [0, 0.1) is 28.7 Å². The van der Waals surface area contributed by atoms with E-state index >= 15 is 0 Å². The molecule has 3 aromatic rings. The summed E-state index contributed by atoms with van der Waals surface area (Å²) in [7, 11) is 0. The fraction of sp³-hybridized carbons (Fsp3) is 0.606. The van der Waals surface area contributed by atoms with Gasteiger partial charge >= 0.3 is 0 Å². The molecule has 211 valence electrons. The summed E-state index contributed by atoms with van der Waals surface area (Å²) in [6.45, 7) is 13.1. The van der Waals surface area contributed by atoms with E-state index in [0.29, 0.717) is 17.6 Å². The number of hydrogen-bond acceptors (Lipinski definition) is 4. The minimum absolute atomic E-state index is 0. The molecule has 5 heteroatoms. The minimum Gasteiger partial charge on any atom is -0.518 e. The molecule has 2 saturated carbocycles. The summed E-state index contributed by atoms with van der Waals surface area (Å²) in [6, 6.07) is 15.2. The molecule has 0 spiro atoms. The third-order valence-electron chi connectivity index (χ3n) is 10.1. The van der Waals surface area contributed by atoms with Crippen LogP contribution in [-0.4, -0.2) is 27.4 Å². The van der Waals surface area contributed by atoms with E-state index in [-0.39, 0.29) is 49.1 Å². The minimum atomic E-state index is -0.309. The van der Waals surface area contributed by atoms with E-state index in [2.05, 4.69) is 58.7 Å². The first-order valence-electron chi connectivity index (χ1n) is 14.5. The first kappa shape index (κ1) is 31.0. The predicted molar refractivity (Wildman–Crippen MR) is 151 cm³/mol. The van der Waals surface area contributed by atoms with Gasteiger partial charge in [0, 0.05) is 43.5 Å². The van der Waals surface area contributed by atoms with Crippen LogP contribution in [0.3, 0.4) is 0 Å². The van der Waals surface area contributed by atoms with Crippen LogP contribution in [0.25, 0.3) is 22.4 Å². The van der Waals surface area contributed by atoms with Gasteiger partial charge in [0.1, 0.15) is 0 Å². The molecule has 0 aliphatic heterocycles. The molecule has 2 aliphatic carbocycles. The van der Waals surface area contributed by atoms with Crippen LogP contribution in [0.2, 0.25) is 0 Å². The third kappa shape index (κ3) is 5.68. The van der Waals surface area contributed by atoms with Gasteiger partial charge in [-0.2, -0.15) is 0 Å². The largest absolute Gasteiger partial charge is 0.518 e. The molecular formula is C33H46IrNO3-. The van der Waals surface area contributed by atoms with Crippen LogP contribution in [0.15, 0.2) is 47.0 Å². The van der Waals surface area contributed by atoms with Crippen LogP contribution in [0.4, 0.5) is 0 Å². The number of benzene rings is 1. The van der Waals surface area contributed by atoms with Gasteiger partial charge in [-0.25, -0.2) is 0 Å². The second-order valence-electron chi connectivity index (χ2n) is 11.8. The molecule has 4 atom stereocenters. The van der Waals surface area contributed by atoms with Crippen molar-refractivity contribution >= 4 is 11.0 Å². The van der Waals surface area contributed by atoms with Gasteiger partial charge in [-0.05, 0) is 73.7 Å². The second-order valence-corrected chi connectivity index (χ2v) is 11.8. The zero-order chi connectivity index (χ0) is 26.8. The molecule has 5 rings (SSSR count). The fourth-order valence-corrected chi connectivity index (χ4v) is 7.14. The van der Waals surface area contributed by atoms with Gasteiger partial charge in [0.15, 0.2) is 0 Å². The van der Waals surface area contributed by atoms with Crippen LogP contribution in [0.5, 0.6) is 0 Å². The maximum absolute atomic E-state index is 10.9. The van der Waals surface area contributed by atoms with E-state index in [4.69, 9.17) is 4.42 Å². The molecule has 0 bridgehead atoms. The van der Waals surface area contributed by atoms with E-state index in [0.717, 1.165) is 55.2 Å². The smallest absolute Gasteiger partial charge is 0.0651 e. The Kier molecular flexibility index (Phi) is 10.4. The molecule has 2 aromatic heterocycles. The van der Waals surface area contributed by atoms with Crippen molar-refractivity contribution in [2.45, 2.75) is 105 Å². The van der Waals surface area contributed by atoms with E-state index in [1.807, 2.05) is 36.5 Å². The van der Waals surface area contributed by atoms with Crippen LogP contribution >= 0.6 is 0 Å². The average Bonchev–Trinajstić information content (AvgIpc) is 3.49. The van der Waals surface area contributed by atoms with Gasteiger partial charge in [-0.1, -0.05) is 71.4 Å². The maximum Gasteiger partial charge on any atom is 0.0651 e. The number of nitrogens with zero attached hydrogens (tertiary/aromatic N) is 1. The molecular weight excluding hydrogens is 651 g/mol. The SMILES string of the molecule is CC(C)c1ccnc(-c2[c-]c3ccccc3o2)c1.CCC1(CC)CCC2CC(CC)(CC)C(O)C2C1O.[Ir]. The number of fused-ring (bicyclic) bond motifs is 2. The normalized spacial score (nSPS) is 25.4. The molecule has 1 radical (unpaired) electrons. The summed E-state index contributed by atoms with van der Waals surface area (Å²) < 4.78 is 5.77. The molecule has 38 heavy (non-hydrogen) atoms. The summed E-state index contributed by atoms with van der Waals surface area (Å²) in [5.74, 6) is 1.85. The molecule has 1 aromatic carbocycles. The standard InChI is InChI=1S/C17H32O2.C16H14NO.Ir/c1-5-16(6-2)10-9-12-11-17(7-3,8-4)15(19)13(12)14(16)18;1-11(2)12-7-8-17-14(9-12)16-10-13-5-3-4-6-15(13)18-16;/h12-15,18-19H,5-11H2,1-4H3;3-9,11H,1-2H3;/q;-1;.